The molecule has 6 nitrogen and oxygen atoms in total. The topological polar surface area (TPSA) is 99.5 Å². The van der Waals surface area contributed by atoms with E-state index in [1.165, 1.54) is 18.5 Å². The highest BCUT2D eigenvalue weighted by atomic mass is 16.4. The van der Waals surface area contributed by atoms with Gasteiger partial charge in [-0.15, -0.1) is 0 Å². The molecule has 18 heavy (non-hydrogen) atoms. The van der Waals surface area contributed by atoms with E-state index in [4.69, 9.17) is 5.11 Å². The zero-order chi connectivity index (χ0) is 13.5. The van der Waals surface area contributed by atoms with Crippen LogP contribution < -0.4 is 5.32 Å². The third-order valence-corrected chi connectivity index (χ3v) is 2.45. The summed E-state index contributed by atoms with van der Waals surface area (Å²) in [6.07, 6.45) is 3.20. The number of hydrogen-bond donors (Lipinski definition) is 3. The fraction of sp³-hybridized carbons (Fsp3) is 0.417. The lowest BCUT2D eigenvalue weighted by Crippen LogP contribution is -2.28. The molecule has 1 aromatic rings. The van der Waals surface area contributed by atoms with Crippen molar-refractivity contribution in [1.29, 1.82) is 0 Å². The minimum Gasteiger partial charge on any atom is -0.506 e. The average molecular weight is 252 g/mol. The van der Waals surface area contributed by atoms with Gasteiger partial charge in [0.1, 0.15) is 5.75 Å². The van der Waals surface area contributed by atoms with Crippen molar-refractivity contribution in [3.05, 3.63) is 24.0 Å². The van der Waals surface area contributed by atoms with Gasteiger partial charge in [-0.05, 0) is 18.4 Å². The Morgan fingerprint density at radius 1 is 1.44 bits per heavy atom. The Labute approximate surface area is 105 Å². The molecule has 6 heteroatoms. The third kappa shape index (κ3) is 4.82. The Hall–Kier alpha value is -2.11. The molecule has 0 saturated heterocycles. The second-order valence-corrected chi connectivity index (χ2v) is 4.18. The lowest BCUT2D eigenvalue weighted by Gasteiger charge is -2.11. The maximum atomic E-state index is 11.7. The Bertz CT molecular complexity index is 434. The zero-order valence-electron chi connectivity index (χ0n) is 10.1. The second kappa shape index (κ2) is 6.58. The molecule has 1 rings (SSSR count). The molecular weight excluding hydrogens is 236 g/mol. The Balaban J connectivity index is 2.39. The molecule has 0 radical (unpaired) electrons. The van der Waals surface area contributed by atoms with Crippen molar-refractivity contribution in [2.75, 3.05) is 6.54 Å². The minimum absolute atomic E-state index is 0.0680. The Kier molecular flexibility index (Phi) is 5.10. The first kappa shape index (κ1) is 14.0. The van der Waals surface area contributed by atoms with Gasteiger partial charge in [-0.3, -0.25) is 14.6 Å². The molecule has 0 aliphatic heterocycles. The van der Waals surface area contributed by atoms with Gasteiger partial charge in [-0.1, -0.05) is 6.92 Å². The van der Waals surface area contributed by atoms with Gasteiger partial charge >= 0.3 is 5.97 Å². The Morgan fingerprint density at radius 3 is 2.78 bits per heavy atom. The summed E-state index contributed by atoms with van der Waals surface area (Å²) in [4.78, 5) is 25.7. The molecule has 0 spiro atoms. The maximum absolute atomic E-state index is 11.7. The van der Waals surface area contributed by atoms with Gasteiger partial charge in [-0.2, -0.15) is 0 Å². The molecule has 0 fully saturated rings. The predicted octanol–water partition coefficient (Wildman–Crippen LogP) is 1.02. The van der Waals surface area contributed by atoms with Crippen molar-refractivity contribution in [2.24, 2.45) is 5.92 Å². The first-order chi connectivity index (χ1) is 8.49. The predicted molar refractivity (Wildman–Crippen MR) is 64.3 cm³/mol. The van der Waals surface area contributed by atoms with Crippen LogP contribution in [0.25, 0.3) is 0 Å². The van der Waals surface area contributed by atoms with Crippen LogP contribution in [-0.4, -0.2) is 33.6 Å². The molecule has 3 N–H and O–H groups in total. The summed E-state index contributed by atoms with van der Waals surface area (Å²) in [5, 5.41) is 20.4. The number of aromatic nitrogens is 1. The SMILES string of the molecule is CC(CCC(=O)O)CNC(=O)c1cncc(O)c1. The van der Waals surface area contributed by atoms with E-state index in [9.17, 15) is 14.7 Å². The normalized spacial score (nSPS) is 11.8. The molecule has 0 aromatic carbocycles. The van der Waals surface area contributed by atoms with Crippen LogP contribution >= 0.6 is 0 Å². The fourth-order valence-corrected chi connectivity index (χ4v) is 1.39. The molecule has 1 unspecified atom stereocenters. The third-order valence-electron chi connectivity index (χ3n) is 2.45. The number of aromatic hydroxyl groups is 1. The number of nitrogens with zero attached hydrogens (tertiary/aromatic N) is 1. The van der Waals surface area contributed by atoms with Crippen LogP contribution in [0, 0.1) is 5.92 Å². The van der Waals surface area contributed by atoms with E-state index in [2.05, 4.69) is 10.3 Å². The van der Waals surface area contributed by atoms with E-state index in [1.807, 2.05) is 6.92 Å². The highest BCUT2D eigenvalue weighted by molar-refractivity contribution is 5.94. The highest BCUT2D eigenvalue weighted by Crippen LogP contribution is 2.09. The van der Waals surface area contributed by atoms with Crippen LogP contribution in [0.1, 0.15) is 30.1 Å². The van der Waals surface area contributed by atoms with Crippen molar-refractivity contribution in [3.8, 4) is 5.75 Å². The van der Waals surface area contributed by atoms with Crippen LogP contribution in [-0.2, 0) is 4.79 Å². The quantitative estimate of drug-likeness (QED) is 0.701. The van der Waals surface area contributed by atoms with E-state index >= 15 is 0 Å². The van der Waals surface area contributed by atoms with Crippen LogP contribution in [0.15, 0.2) is 18.5 Å². The average Bonchev–Trinajstić information content (AvgIpc) is 2.33. The van der Waals surface area contributed by atoms with Gasteiger partial charge < -0.3 is 15.5 Å². The summed E-state index contributed by atoms with van der Waals surface area (Å²) in [5.41, 5.74) is 0.278. The van der Waals surface area contributed by atoms with E-state index in [-0.39, 0.29) is 29.6 Å². The van der Waals surface area contributed by atoms with Gasteiger partial charge in [0.2, 0.25) is 0 Å². The van der Waals surface area contributed by atoms with Crippen LogP contribution in [0.3, 0.4) is 0 Å². The second-order valence-electron chi connectivity index (χ2n) is 4.18. The highest BCUT2D eigenvalue weighted by Gasteiger charge is 2.10. The smallest absolute Gasteiger partial charge is 0.303 e. The number of aliphatic carboxylic acids is 1. The molecule has 1 amide bonds. The maximum Gasteiger partial charge on any atom is 0.303 e. The van der Waals surface area contributed by atoms with Gasteiger partial charge in [-0.25, -0.2) is 0 Å². The minimum atomic E-state index is -0.842. The van der Waals surface area contributed by atoms with E-state index in [0.717, 1.165) is 0 Å². The number of pyridine rings is 1. The first-order valence-corrected chi connectivity index (χ1v) is 5.63. The number of hydrogen-bond acceptors (Lipinski definition) is 4. The standard InChI is InChI=1S/C12H16N2O4/c1-8(2-3-11(16)17)5-14-12(18)9-4-10(15)7-13-6-9/h4,6-8,15H,2-3,5H2,1H3,(H,14,18)(H,16,17). The molecule has 1 heterocycles. The van der Waals surface area contributed by atoms with Crippen molar-refractivity contribution in [3.63, 3.8) is 0 Å². The van der Waals surface area contributed by atoms with E-state index in [0.29, 0.717) is 13.0 Å². The first-order valence-electron chi connectivity index (χ1n) is 5.63. The van der Waals surface area contributed by atoms with Crippen molar-refractivity contribution in [1.82, 2.24) is 10.3 Å². The molecule has 1 aromatic heterocycles. The summed E-state index contributed by atoms with van der Waals surface area (Å²) in [6.45, 7) is 2.26. The van der Waals surface area contributed by atoms with E-state index < -0.39 is 5.97 Å². The summed E-state index contributed by atoms with van der Waals surface area (Å²) in [6, 6.07) is 1.32. The molecular formula is C12H16N2O4. The molecule has 0 bridgehead atoms. The number of carbonyl (C=O) groups is 2. The summed E-state index contributed by atoms with van der Waals surface area (Å²) in [5.74, 6) is -1.16. The van der Waals surface area contributed by atoms with Gasteiger partial charge in [0.15, 0.2) is 0 Å². The van der Waals surface area contributed by atoms with Crippen LogP contribution in [0.4, 0.5) is 0 Å². The van der Waals surface area contributed by atoms with E-state index in [1.54, 1.807) is 0 Å². The van der Waals surface area contributed by atoms with Crippen molar-refractivity contribution in [2.45, 2.75) is 19.8 Å². The fourth-order valence-electron chi connectivity index (χ4n) is 1.39. The van der Waals surface area contributed by atoms with Crippen molar-refractivity contribution < 1.29 is 19.8 Å². The van der Waals surface area contributed by atoms with Crippen molar-refractivity contribution >= 4 is 11.9 Å². The number of carboxylic acids is 1. The zero-order valence-corrected chi connectivity index (χ0v) is 10.1. The van der Waals surface area contributed by atoms with Crippen LogP contribution in [0.5, 0.6) is 5.75 Å². The Morgan fingerprint density at radius 2 is 2.17 bits per heavy atom. The summed E-state index contributed by atoms with van der Waals surface area (Å²) < 4.78 is 0. The monoisotopic (exact) mass is 252 g/mol. The number of amides is 1. The lowest BCUT2D eigenvalue weighted by molar-refractivity contribution is -0.137. The van der Waals surface area contributed by atoms with Gasteiger partial charge in [0, 0.05) is 19.2 Å². The number of carbonyl (C=O) groups excluding carboxylic acids is 1. The number of rotatable bonds is 6. The molecule has 1 atom stereocenters. The van der Waals surface area contributed by atoms with Gasteiger partial charge in [0.25, 0.3) is 5.91 Å². The molecule has 98 valence electrons. The number of carboxylic acid groups (broad SMARTS) is 1. The molecule has 0 aliphatic carbocycles. The molecule has 0 aliphatic rings. The van der Waals surface area contributed by atoms with Gasteiger partial charge in [0.05, 0.1) is 11.8 Å². The number of nitrogens with one attached hydrogen (secondary N) is 1. The summed E-state index contributed by atoms with van der Waals surface area (Å²) in [7, 11) is 0. The molecule has 0 saturated carbocycles. The largest absolute Gasteiger partial charge is 0.506 e. The van der Waals surface area contributed by atoms with Crippen LogP contribution in [0.2, 0.25) is 0 Å². The lowest BCUT2D eigenvalue weighted by atomic mass is 10.1. The summed E-state index contributed by atoms with van der Waals surface area (Å²) >= 11 is 0.